The number of hydrogen-bond acceptors (Lipinski definition) is 3. The van der Waals surface area contributed by atoms with Crippen molar-refractivity contribution in [1.82, 2.24) is 0 Å². The molecule has 0 atom stereocenters. The van der Waals surface area contributed by atoms with Crippen molar-refractivity contribution in [2.75, 3.05) is 12.3 Å². The number of carbonyl (C=O) groups excluding carboxylic acids is 1. The Morgan fingerprint density at radius 1 is 1.45 bits per heavy atom. The monoisotopic (exact) mass is 179 g/mol. The Balaban J connectivity index is 3.70. The molecule has 0 fully saturated rings. The van der Waals surface area contributed by atoms with E-state index in [4.69, 9.17) is 0 Å². The van der Waals surface area contributed by atoms with Crippen molar-refractivity contribution in [3.63, 3.8) is 0 Å². The minimum absolute atomic E-state index is 0.0486. The first-order chi connectivity index (χ1) is 4.98. The van der Waals surface area contributed by atoms with E-state index >= 15 is 0 Å². The van der Waals surface area contributed by atoms with Crippen LogP contribution < -0.4 is 0 Å². The molecular formula is C7H16O3P+. The highest BCUT2D eigenvalue weighted by Crippen LogP contribution is 2.50. The van der Waals surface area contributed by atoms with Crippen molar-refractivity contribution in [2.24, 2.45) is 0 Å². The van der Waals surface area contributed by atoms with Gasteiger partial charge in [0.25, 0.3) is 7.72 Å². The van der Waals surface area contributed by atoms with E-state index in [1.807, 2.05) is 6.92 Å². The predicted octanol–water partition coefficient (Wildman–Crippen LogP) is 1.21. The van der Waals surface area contributed by atoms with Crippen molar-refractivity contribution in [3.8, 4) is 0 Å². The molecule has 4 heteroatoms. The number of ketones is 1. The molecule has 11 heavy (non-hydrogen) atoms. The van der Waals surface area contributed by atoms with Crippen molar-refractivity contribution in [2.45, 2.75) is 26.7 Å². The summed E-state index contributed by atoms with van der Waals surface area (Å²) in [5.74, 6) is -0.139. The fourth-order valence-electron chi connectivity index (χ4n) is 0.847. The van der Waals surface area contributed by atoms with Gasteiger partial charge in [0.1, 0.15) is 6.16 Å². The summed E-state index contributed by atoms with van der Waals surface area (Å²) in [6, 6.07) is 0. The first-order valence-electron chi connectivity index (χ1n) is 3.80. The molecule has 0 rings (SSSR count). The average molecular weight is 179 g/mol. The van der Waals surface area contributed by atoms with E-state index in [1.54, 1.807) is 0 Å². The zero-order valence-corrected chi connectivity index (χ0v) is 7.97. The molecule has 0 spiro atoms. The Hall–Kier alpha value is 0.0200. The number of rotatable bonds is 5. The molecular weight excluding hydrogens is 163 g/mol. The predicted molar refractivity (Wildman–Crippen MR) is 46.7 cm³/mol. The van der Waals surface area contributed by atoms with E-state index < -0.39 is 7.72 Å². The van der Waals surface area contributed by atoms with Crippen molar-refractivity contribution in [3.05, 3.63) is 0 Å². The number of unbranched alkanes of at least 4 members (excludes halogenated alkanes) is 1. The van der Waals surface area contributed by atoms with E-state index in [2.05, 4.69) is 0 Å². The molecule has 3 nitrogen and oxygen atoms in total. The minimum Gasteiger partial charge on any atom is -0.296 e. The van der Waals surface area contributed by atoms with Gasteiger partial charge in [-0.1, -0.05) is 13.3 Å². The van der Waals surface area contributed by atoms with Crippen molar-refractivity contribution in [1.29, 1.82) is 0 Å². The molecule has 0 bridgehead atoms. The van der Waals surface area contributed by atoms with Crippen LogP contribution in [0.25, 0.3) is 0 Å². The Morgan fingerprint density at radius 3 is 2.36 bits per heavy atom. The van der Waals surface area contributed by atoms with E-state index in [9.17, 15) is 14.6 Å². The first-order valence-corrected chi connectivity index (χ1v) is 5.86. The highest BCUT2D eigenvalue weighted by molar-refractivity contribution is 7.65. The van der Waals surface area contributed by atoms with Gasteiger partial charge in [-0.2, -0.15) is 0 Å². The summed E-state index contributed by atoms with van der Waals surface area (Å²) >= 11 is 0. The van der Waals surface area contributed by atoms with Crippen LogP contribution in [0.5, 0.6) is 0 Å². The lowest BCUT2D eigenvalue weighted by Crippen LogP contribution is -2.08. The Labute approximate surface area is 67.9 Å². The van der Waals surface area contributed by atoms with Gasteiger partial charge in [-0.25, -0.2) is 9.79 Å². The van der Waals surface area contributed by atoms with Gasteiger partial charge in [0.15, 0.2) is 11.9 Å². The molecule has 0 aliphatic rings. The van der Waals surface area contributed by atoms with Gasteiger partial charge in [0.2, 0.25) is 0 Å². The first kappa shape index (κ1) is 11.0. The lowest BCUT2D eigenvalue weighted by Gasteiger charge is -2.09. The van der Waals surface area contributed by atoms with Gasteiger partial charge < -0.3 is 0 Å². The molecule has 0 aromatic carbocycles. The largest absolute Gasteiger partial charge is 0.296 e. The summed E-state index contributed by atoms with van der Waals surface area (Å²) in [5, 5.41) is 0. The van der Waals surface area contributed by atoms with Gasteiger partial charge in [-0.05, 0) is 13.3 Å². The van der Waals surface area contributed by atoms with Crippen LogP contribution in [0.1, 0.15) is 26.7 Å². The molecule has 0 aliphatic carbocycles. The standard InChI is InChI=1S/C7H16O3P/c1-3-4-5-11(9,10)6-7(2)8/h9-10H,3-6H2,1-2H3/q+1. The van der Waals surface area contributed by atoms with Crippen LogP contribution in [0.3, 0.4) is 0 Å². The molecule has 0 aliphatic heterocycles. The van der Waals surface area contributed by atoms with Crippen LogP contribution in [-0.2, 0) is 4.79 Å². The number of carbonyl (C=O) groups is 1. The Bertz CT molecular complexity index is 134. The van der Waals surface area contributed by atoms with Crippen LogP contribution in [0.2, 0.25) is 0 Å². The summed E-state index contributed by atoms with van der Waals surface area (Å²) < 4.78 is 0. The zero-order valence-electron chi connectivity index (χ0n) is 7.08. The molecule has 0 aromatic rings. The van der Waals surface area contributed by atoms with Crippen molar-refractivity contribution >= 4 is 13.5 Å². The molecule has 0 amide bonds. The van der Waals surface area contributed by atoms with E-state index in [0.717, 1.165) is 12.8 Å². The Kier molecular flexibility index (Phi) is 4.82. The summed E-state index contributed by atoms with van der Waals surface area (Å²) in [4.78, 5) is 29.1. The number of hydrogen-bond donors (Lipinski definition) is 2. The zero-order chi connectivity index (χ0) is 8.91. The van der Waals surface area contributed by atoms with Crippen LogP contribution in [0, 0.1) is 0 Å². The molecule has 0 aromatic heterocycles. The molecule has 0 radical (unpaired) electrons. The minimum atomic E-state index is -2.86. The lowest BCUT2D eigenvalue weighted by atomic mass is 10.4. The third-order valence-corrected chi connectivity index (χ3v) is 3.33. The fourth-order valence-corrected chi connectivity index (χ4v) is 2.54. The fraction of sp³-hybridized carbons (Fsp3) is 0.857. The topological polar surface area (TPSA) is 57.5 Å². The van der Waals surface area contributed by atoms with Crippen LogP contribution in [0.15, 0.2) is 0 Å². The highest BCUT2D eigenvalue weighted by Gasteiger charge is 2.33. The maximum absolute atomic E-state index is 10.5. The van der Waals surface area contributed by atoms with Gasteiger partial charge in [0.05, 0.1) is 0 Å². The lowest BCUT2D eigenvalue weighted by molar-refractivity contribution is -0.114. The average Bonchev–Trinajstić information content (AvgIpc) is 1.81. The molecule has 2 N–H and O–H groups in total. The van der Waals surface area contributed by atoms with Crippen LogP contribution in [0.4, 0.5) is 0 Å². The summed E-state index contributed by atoms with van der Waals surface area (Å²) in [6.07, 6.45) is 2.06. The normalized spacial score (nSPS) is 11.6. The van der Waals surface area contributed by atoms with Crippen LogP contribution >= 0.6 is 7.72 Å². The summed E-state index contributed by atoms with van der Waals surface area (Å²) in [6.45, 7) is 3.36. The molecule has 0 heterocycles. The highest BCUT2D eigenvalue weighted by atomic mass is 31.2. The summed E-state index contributed by atoms with van der Waals surface area (Å²) in [7, 11) is -2.86. The van der Waals surface area contributed by atoms with Crippen LogP contribution in [-0.4, -0.2) is 27.9 Å². The van der Waals surface area contributed by atoms with E-state index in [1.165, 1.54) is 6.92 Å². The Morgan fingerprint density at radius 2 is 2.00 bits per heavy atom. The smallest absolute Gasteiger partial charge is 0.275 e. The van der Waals surface area contributed by atoms with Gasteiger partial charge >= 0.3 is 0 Å². The third-order valence-electron chi connectivity index (χ3n) is 1.35. The van der Waals surface area contributed by atoms with E-state index in [-0.39, 0.29) is 11.9 Å². The third kappa shape index (κ3) is 6.42. The molecule has 66 valence electrons. The quantitative estimate of drug-likeness (QED) is 0.623. The second-order valence-electron chi connectivity index (χ2n) is 2.82. The van der Waals surface area contributed by atoms with Gasteiger partial charge in [-0.3, -0.25) is 4.79 Å². The maximum Gasteiger partial charge on any atom is 0.275 e. The van der Waals surface area contributed by atoms with Crippen molar-refractivity contribution < 1.29 is 14.6 Å². The summed E-state index contributed by atoms with van der Waals surface area (Å²) in [5.41, 5.74) is 0. The number of Topliss-reactive ketones (excluding diaryl/α,β-unsaturated/α-hetero) is 1. The second-order valence-corrected chi connectivity index (χ2v) is 5.34. The molecule has 0 unspecified atom stereocenters. The SMILES string of the molecule is CCCC[P+](O)(O)CC(C)=O. The van der Waals surface area contributed by atoms with Gasteiger partial charge in [-0.15, -0.1) is 0 Å². The van der Waals surface area contributed by atoms with E-state index in [0.29, 0.717) is 6.16 Å². The second kappa shape index (κ2) is 4.81. The molecule has 0 saturated carbocycles. The maximum atomic E-state index is 10.5. The van der Waals surface area contributed by atoms with Gasteiger partial charge in [0, 0.05) is 0 Å². The molecule has 0 saturated heterocycles.